The molecule has 0 bridgehead atoms. The van der Waals surface area contributed by atoms with Crippen molar-refractivity contribution in [3.63, 3.8) is 0 Å². The molecule has 0 spiro atoms. The first-order valence-corrected chi connectivity index (χ1v) is 7.21. The van der Waals surface area contributed by atoms with Gasteiger partial charge in [-0.25, -0.2) is 4.79 Å². The van der Waals surface area contributed by atoms with Crippen LogP contribution < -0.4 is 5.32 Å². The van der Waals surface area contributed by atoms with Crippen molar-refractivity contribution in [1.29, 1.82) is 0 Å². The number of rotatable bonds is 3. The molecule has 1 atom stereocenters. The van der Waals surface area contributed by atoms with E-state index in [-0.39, 0.29) is 0 Å². The Morgan fingerprint density at radius 3 is 2.68 bits per heavy atom. The third-order valence-corrected chi connectivity index (χ3v) is 2.97. The highest BCUT2D eigenvalue weighted by Crippen LogP contribution is 2.28. The molecule has 5 nitrogen and oxygen atoms in total. The van der Waals surface area contributed by atoms with E-state index in [0.717, 1.165) is 17.4 Å². The number of anilines is 1. The second kappa shape index (κ2) is 6.22. The van der Waals surface area contributed by atoms with Crippen LogP contribution in [-0.4, -0.2) is 24.1 Å². The molecule has 1 aliphatic rings. The molecule has 1 N–H and O–H groups in total. The number of amides is 1. The van der Waals surface area contributed by atoms with Gasteiger partial charge in [-0.15, -0.1) is 0 Å². The van der Waals surface area contributed by atoms with Gasteiger partial charge in [0.1, 0.15) is 11.4 Å². The molecule has 118 valence electrons. The molecule has 2 rings (SSSR count). The molecule has 1 amide bonds. The van der Waals surface area contributed by atoms with Crippen LogP contribution in [0.25, 0.3) is 5.76 Å². The Morgan fingerprint density at radius 2 is 2.09 bits per heavy atom. The average Bonchev–Trinajstić information content (AvgIpc) is 2.84. The van der Waals surface area contributed by atoms with Gasteiger partial charge in [0.15, 0.2) is 12.4 Å². The van der Waals surface area contributed by atoms with E-state index >= 15 is 0 Å². The molecule has 1 unspecified atom stereocenters. The maximum Gasteiger partial charge on any atom is 0.412 e. The van der Waals surface area contributed by atoms with Crippen LogP contribution in [0.5, 0.6) is 0 Å². The lowest BCUT2D eigenvalue weighted by atomic mass is 10.1. The van der Waals surface area contributed by atoms with Crippen molar-refractivity contribution < 1.29 is 19.1 Å². The molecular formula is C17H21NO4. The molecule has 22 heavy (non-hydrogen) atoms. The Hall–Kier alpha value is -2.30. The maximum absolute atomic E-state index is 11.8. The number of benzene rings is 1. The number of hydrogen-bond donors (Lipinski definition) is 1. The van der Waals surface area contributed by atoms with Crippen molar-refractivity contribution in [2.24, 2.45) is 0 Å². The minimum Gasteiger partial charge on any atom is -0.482 e. The summed E-state index contributed by atoms with van der Waals surface area (Å²) in [6.45, 7) is 7.36. The summed E-state index contributed by atoms with van der Waals surface area (Å²) >= 11 is 0. The summed E-state index contributed by atoms with van der Waals surface area (Å²) in [4.78, 5) is 22.6. The second-order valence-corrected chi connectivity index (χ2v) is 6.31. The molecular weight excluding hydrogens is 282 g/mol. The number of carbonyl (C=O) groups excluding carboxylic acids is 2. The Labute approximate surface area is 130 Å². The van der Waals surface area contributed by atoms with E-state index in [1.165, 1.54) is 0 Å². The van der Waals surface area contributed by atoms with Crippen molar-refractivity contribution in [2.45, 2.75) is 45.8 Å². The first kappa shape index (κ1) is 16.1. The van der Waals surface area contributed by atoms with E-state index in [2.05, 4.69) is 5.32 Å². The largest absolute Gasteiger partial charge is 0.482 e. The lowest BCUT2D eigenvalue weighted by molar-refractivity contribution is -0.113. The van der Waals surface area contributed by atoms with Gasteiger partial charge < -0.3 is 9.47 Å². The van der Waals surface area contributed by atoms with Crippen molar-refractivity contribution in [3.8, 4) is 0 Å². The SMILES string of the molecule is Cc1cc(NC(=O)OC(C)(C)C)cc(C2=CCC(C=O)O2)c1. The summed E-state index contributed by atoms with van der Waals surface area (Å²) in [5.41, 5.74) is 1.88. The fourth-order valence-electron chi connectivity index (χ4n) is 2.17. The zero-order chi connectivity index (χ0) is 16.3. The summed E-state index contributed by atoms with van der Waals surface area (Å²) in [6, 6.07) is 5.59. The Balaban J connectivity index is 2.14. The number of carbonyl (C=O) groups is 2. The van der Waals surface area contributed by atoms with Crippen molar-refractivity contribution in [2.75, 3.05) is 5.32 Å². The van der Waals surface area contributed by atoms with Gasteiger partial charge in [0.05, 0.1) is 0 Å². The minimum absolute atomic E-state index is 0.419. The van der Waals surface area contributed by atoms with E-state index in [1.54, 1.807) is 6.07 Å². The van der Waals surface area contributed by atoms with Crippen LogP contribution in [0.3, 0.4) is 0 Å². The highest BCUT2D eigenvalue weighted by Gasteiger charge is 2.20. The summed E-state index contributed by atoms with van der Waals surface area (Å²) in [6.07, 6.45) is 2.32. The molecule has 1 heterocycles. The first-order valence-electron chi connectivity index (χ1n) is 7.21. The van der Waals surface area contributed by atoms with Gasteiger partial charge in [-0.05, 0) is 57.5 Å². The van der Waals surface area contributed by atoms with Crippen LogP contribution in [0.2, 0.25) is 0 Å². The number of nitrogens with one attached hydrogen (secondary N) is 1. The smallest absolute Gasteiger partial charge is 0.412 e. The normalized spacial score (nSPS) is 17.5. The molecule has 0 saturated heterocycles. The Kier molecular flexibility index (Phi) is 4.54. The third-order valence-electron chi connectivity index (χ3n) is 2.97. The molecule has 5 heteroatoms. The van der Waals surface area contributed by atoms with Crippen molar-refractivity contribution >= 4 is 23.8 Å². The fourth-order valence-corrected chi connectivity index (χ4v) is 2.17. The summed E-state index contributed by atoms with van der Waals surface area (Å²) in [7, 11) is 0. The van der Waals surface area contributed by atoms with E-state index < -0.39 is 17.8 Å². The van der Waals surface area contributed by atoms with Gasteiger partial charge in [-0.1, -0.05) is 0 Å². The highest BCUT2D eigenvalue weighted by atomic mass is 16.6. The van der Waals surface area contributed by atoms with Gasteiger partial charge >= 0.3 is 6.09 Å². The van der Waals surface area contributed by atoms with Crippen molar-refractivity contribution in [1.82, 2.24) is 0 Å². The Bertz CT molecular complexity index is 614. The molecule has 0 saturated carbocycles. The fraction of sp³-hybridized carbons (Fsp3) is 0.412. The van der Waals surface area contributed by atoms with Crippen LogP contribution in [0, 0.1) is 6.92 Å². The Morgan fingerprint density at radius 1 is 1.36 bits per heavy atom. The van der Waals surface area contributed by atoms with Crippen LogP contribution in [0.1, 0.15) is 38.3 Å². The quantitative estimate of drug-likeness (QED) is 0.865. The molecule has 0 aliphatic carbocycles. The number of aldehydes is 1. The predicted octanol–water partition coefficient (Wildman–Crippen LogP) is 3.67. The molecule has 1 aliphatic heterocycles. The van der Waals surface area contributed by atoms with Gasteiger partial charge in [-0.2, -0.15) is 0 Å². The first-order chi connectivity index (χ1) is 10.3. The second-order valence-electron chi connectivity index (χ2n) is 6.31. The van der Waals surface area contributed by atoms with E-state index in [4.69, 9.17) is 9.47 Å². The average molecular weight is 303 g/mol. The van der Waals surface area contributed by atoms with Gasteiger partial charge in [0.25, 0.3) is 0 Å². The number of hydrogen-bond acceptors (Lipinski definition) is 4. The minimum atomic E-state index is -0.551. The maximum atomic E-state index is 11.8. The van der Waals surface area contributed by atoms with Gasteiger partial charge in [-0.3, -0.25) is 10.1 Å². The van der Waals surface area contributed by atoms with Gasteiger partial charge in [0, 0.05) is 17.7 Å². The zero-order valence-electron chi connectivity index (χ0n) is 13.3. The molecule has 1 aromatic carbocycles. The van der Waals surface area contributed by atoms with E-state index in [9.17, 15) is 9.59 Å². The third kappa shape index (κ3) is 4.35. The summed E-state index contributed by atoms with van der Waals surface area (Å²) < 4.78 is 10.8. The topological polar surface area (TPSA) is 64.6 Å². The molecule has 0 fully saturated rings. The lowest BCUT2D eigenvalue weighted by Gasteiger charge is -2.20. The van der Waals surface area contributed by atoms with Crippen LogP contribution in [0.4, 0.5) is 10.5 Å². The van der Waals surface area contributed by atoms with Crippen LogP contribution in [-0.2, 0) is 14.3 Å². The lowest BCUT2D eigenvalue weighted by Crippen LogP contribution is -2.27. The zero-order valence-corrected chi connectivity index (χ0v) is 13.3. The molecule has 0 aromatic heterocycles. The van der Waals surface area contributed by atoms with E-state index in [1.807, 2.05) is 45.9 Å². The molecule has 1 aromatic rings. The summed E-state index contributed by atoms with van der Waals surface area (Å²) in [5.74, 6) is 0.660. The summed E-state index contributed by atoms with van der Waals surface area (Å²) in [5, 5.41) is 2.71. The highest BCUT2D eigenvalue weighted by molar-refractivity contribution is 5.86. The standard InChI is InChI=1S/C17H21NO4/c1-11-7-12(15-6-5-14(10-19)21-15)9-13(8-11)18-16(20)22-17(2,3)4/h6-10,14H,5H2,1-4H3,(H,18,20). The predicted molar refractivity (Wildman–Crippen MR) is 84.6 cm³/mol. The number of aryl methyl sites for hydroxylation is 1. The molecule has 0 radical (unpaired) electrons. The monoisotopic (exact) mass is 303 g/mol. The van der Waals surface area contributed by atoms with Gasteiger partial charge in [0.2, 0.25) is 0 Å². The van der Waals surface area contributed by atoms with Crippen LogP contribution in [0.15, 0.2) is 24.3 Å². The number of ether oxygens (including phenoxy) is 2. The van der Waals surface area contributed by atoms with Crippen molar-refractivity contribution in [3.05, 3.63) is 35.4 Å². The van der Waals surface area contributed by atoms with E-state index in [0.29, 0.717) is 17.9 Å². The van der Waals surface area contributed by atoms with Crippen LogP contribution >= 0.6 is 0 Å².